The molecule has 0 heterocycles. The zero-order valence-corrected chi connectivity index (χ0v) is 9.78. The van der Waals surface area contributed by atoms with Gasteiger partial charge in [-0.1, -0.05) is 18.9 Å². The van der Waals surface area contributed by atoms with Crippen LogP contribution in [-0.4, -0.2) is 17.6 Å². The molecule has 1 aliphatic rings. The van der Waals surface area contributed by atoms with Gasteiger partial charge in [-0.05, 0) is 30.9 Å². The summed E-state index contributed by atoms with van der Waals surface area (Å²) < 4.78 is 0. The fourth-order valence-corrected chi connectivity index (χ4v) is 1.96. The summed E-state index contributed by atoms with van der Waals surface area (Å²) >= 11 is 0. The van der Waals surface area contributed by atoms with E-state index in [1.165, 1.54) is 19.3 Å². The Morgan fingerprint density at radius 2 is 2.24 bits per heavy atom. The molecule has 2 rings (SSSR count). The molecule has 0 aliphatic heterocycles. The van der Waals surface area contributed by atoms with E-state index in [1.807, 2.05) is 0 Å². The number of carbonyl (C=O) groups is 1. The molecule has 92 valence electrons. The van der Waals surface area contributed by atoms with Gasteiger partial charge in [-0.2, -0.15) is 0 Å². The molecule has 0 amide bonds. The Kier molecular flexibility index (Phi) is 3.52. The lowest BCUT2D eigenvalue weighted by Gasteiger charge is -2.11. The number of nitrogens with two attached hydrogens (primary N) is 1. The van der Waals surface area contributed by atoms with Crippen LogP contribution in [-0.2, 0) is 0 Å². The molecule has 4 N–H and O–H groups in total. The highest BCUT2D eigenvalue weighted by atomic mass is 16.4. The molecular formula is C13H18N2O2. The SMILES string of the molecule is Nc1cccc(C(=O)O)c1NCCCC1CC1. The van der Waals surface area contributed by atoms with E-state index in [-0.39, 0.29) is 5.56 Å². The van der Waals surface area contributed by atoms with Crippen molar-refractivity contribution >= 4 is 17.3 Å². The molecule has 1 aromatic carbocycles. The number of carboxylic acid groups (broad SMARTS) is 1. The second-order valence-electron chi connectivity index (χ2n) is 4.59. The molecule has 0 bridgehead atoms. The number of carboxylic acids is 1. The monoisotopic (exact) mass is 234 g/mol. The van der Waals surface area contributed by atoms with Crippen molar-refractivity contribution in [3.05, 3.63) is 23.8 Å². The summed E-state index contributed by atoms with van der Waals surface area (Å²) in [6.45, 7) is 0.783. The third-order valence-electron chi connectivity index (χ3n) is 3.11. The molecule has 17 heavy (non-hydrogen) atoms. The van der Waals surface area contributed by atoms with Gasteiger partial charge >= 0.3 is 5.97 Å². The maximum atomic E-state index is 11.0. The summed E-state index contributed by atoms with van der Waals surface area (Å²) in [6, 6.07) is 4.95. The molecule has 1 saturated carbocycles. The Hall–Kier alpha value is -1.71. The lowest BCUT2D eigenvalue weighted by Crippen LogP contribution is -2.10. The number of hydrogen-bond acceptors (Lipinski definition) is 3. The van der Waals surface area contributed by atoms with Crippen molar-refractivity contribution in [2.75, 3.05) is 17.6 Å². The van der Waals surface area contributed by atoms with E-state index in [0.717, 1.165) is 18.9 Å². The standard InChI is InChI=1S/C13H18N2O2/c14-11-5-1-4-10(13(16)17)12(11)15-8-2-3-9-6-7-9/h1,4-5,9,15H,2-3,6-8,14H2,(H,16,17). The van der Waals surface area contributed by atoms with Crippen LogP contribution in [0.4, 0.5) is 11.4 Å². The van der Waals surface area contributed by atoms with Crippen LogP contribution in [0.25, 0.3) is 0 Å². The molecule has 0 unspecified atom stereocenters. The zero-order valence-electron chi connectivity index (χ0n) is 9.78. The molecule has 0 saturated heterocycles. The van der Waals surface area contributed by atoms with Crippen LogP contribution in [0, 0.1) is 5.92 Å². The first-order chi connectivity index (χ1) is 8.18. The van der Waals surface area contributed by atoms with E-state index in [9.17, 15) is 4.79 Å². The van der Waals surface area contributed by atoms with Crippen molar-refractivity contribution in [1.82, 2.24) is 0 Å². The van der Waals surface area contributed by atoms with Gasteiger partial charge in [0.05, 0.1) is 16.9 Å². The van der Waals surface area contributed by atoms with Crippen molar-refractivity contribution in [3.63, 3.8) is 0 Å². The summed E-state index contributed by atoms with van der Waals surface area (Å²) in [5.74, 6) is -0.0362. The predicted octanol–water partition coefficient (Wildman–Crippen LogP) is 2.57. The van der Waals surface area contributed by atoms with E-state index in [2.05, 4.69) is 5.32 Å². The smallest absolute Gasteiger partial charge is 0.337 e. The maximum absolute atomic E-state index is 11.0. The fourth-order valence-electron chi connectivity index (χ4n) is 1.96. The molecule has 4 nitrogen and oxygen atoms in total. The lowest BCUT2D eigenvalue weighted by molar-refractivity contribution is 0.0698. The van der Waals surface area contributed by atoms with Crippen molar-refractivity contribution in [3.8, 4) is 0 Å². The first-order valence-electron chi connectivity index (χ1n) is 6.04. The van der Waals surface area contributed by atoms with Gasteiger partial charge in [-0.15, -0.1) is 0 Å². The van der Waals surface area contributed by atoms with E-state index >= 15 is 0 Å². The number of nitrogens with one attached hydrogen (secondary N) is 1. The van der Waals surface area contributed by atoms with Gasteiger partial charge in [0.1, 0.15) is 0 Å². The minimum atomic E-state index is -0.943. The van der Waals surface area contributed by atoms with Gasteiger partial charge in [0.25, 0.3) is 0 Å². The van der Waals surface area contributed by atoms with E-state index in [4.69, 9.17) is 10.8 Å². The van der Waals surface area contributed by atoms with E-state index in [0.29, 0.717) is 11.4 Å². The van der Waals surface area contributed by atoms with Crippen molar-refractivity contribution in [1.29, 1.82) is 0 Å². The van der Waals surface area contributed by atoms with Crippen molar-refractivity contribution < 1.29 is 9.90 Å². The van der Waals surface area contributed by atoms with E-state index < -0.39 is 5.97 Å². The molecular weight excluding hydrogens is 216 g/mol. The molecule has 1 aliphatic carbocycles. The Balaban J connectivity index is 1.94. The summed E-state index contributed by atoms with van der Waals surface area (Å²) in [4.78, 5) is 11.0. The average molecular weight is 234 g/mol. The summed E-state index contributed by atoms with van der Waals surface area (Å²) in [6.07, 6.45) is 5.00. The van der Waals surface area contributed by atoms with Gasteiger partial charge in [-0.3, -0.25) is 0 Å². The van der Waals surface area contributed by atoms with Crippen LogP contribution in [0.1, 0.15) is 36.0 Å². The molecule has 0 spiro atoms. The van der Waals surface area contributed by atoms with Crippen LogP contribution < -0.4 is 11.1 Å². The van der Waals surface area contributed by atoms with Gasteiger partial charge in [0.2, 0.25) is 0 Å². The summed E-state index contributed by atoms with van der Waals surface area (Å²) in [7, 11) is 0. The average Bonchev–Trinajstić information content (AvgIpc) is 3.09. The fraction of sp³-hybridized carbons (Fsp3) is 0.462. The number of para-hydroxylation sites is 1. The predicted molar refractivity (Wildman–Crippen MR) is 68.3 cm³/mol. The van der Waals surface area contributed by atoms with Crippen LogP contribution >= 0.6 is 0 Å². The van der Waals surface area contributed by atoms with E-state index in [1.54, 1.807) is 18.2 Å². The molecule has 0 aromatic heterocycles. The maximum Gasteiger partial charge on any atom is 0.337 e. The van der Waals surface area contributed by atoms with Gasteiger partial charge in [-0.25, -0.2) is 4.79 Å². The van der Waals surface area contributed by atoms with Crippen molar-refractivity contribution in [2.24, 2.45) is 5.92 Å². The number of anilines is 2. The topological polar surface area (TPSA) is 75.4 Å². The number of benzene rings is 1. The van der Waals surface area contributed by atoms with Crippen LogP contribution in [0.2, 0.25) is 0 Å². The highest BCUT2D eigenvalue weighted by molar-refractivity contribution is 5.97. The second kappa shape index (κ2) is 5.08. The number of aromatic carboxylic acids is 1. The Morgan fingerprint density at radius 1 is 1.47 bits per heavy atom. The zero-order chi connectivity index (χ0) is 12.3. The van der Waals surface area contributed by atoms with Crippen molar-refractivity contribution in [2.45, 2.75) is 25.7 Å². The minimum absolute atomic E-state index is 0.247. The Bertz CT molecular complexity index is 414. The molecule has 0 atom stereocenters. The molecule has 4 heteroatoms. The molecule has 1 fully saturated rings. The third kappa shape index (κ3) is 3.12. The van der Waals surface area contributed by atoms with Crippen LogP contribution in [0.15, 0.2) is 18.2 Å². The van der Waals surface area contributed by atoms with Crippen LogP contribution in [0.5, 0.6) is 0 Å². The largest absolute Gasteiger partial charge is 0.478 e. The quantitative estimate of drug-likeness (QED) is 0.522. The Labute approximate surface area is 101 Å². The Morgan fingerprint density at radius 3 is 2.88 bits per heavy atom. The molecule has 0 radical (unpaired) electrons. The normalized spacial score (nSPS) is 14.6. The third-order valence-corrected chi connectivity index (χ3v) is 3.11. The number of nitrogen functional groups attached to an aromatic ring is 1. The highest BCUT2D eigenvalue weighted by Crippen LogP contribution is 2.33. The number of hydrogen-bond donors (Lipinski definition) is 3. The molecule has 1 aromatic rings. The first kappa shape index (κ1) is 11.8. The first-order valence-corrected chi connectivity index (χ1v) is 6.04. The van der Waals surface area contributed by atoms with Gasteiger partial charge in [0.15, 0.2) is 0 Å². The highest BCUT2D eigenvalue weighted by Gasteiger charge is 2.20. The van der Waals surface area contributed by atoms with Gasteiger partial charge < -0.3 is 16.2 Å². The second-order valence-corrected chi connectivity index (χ2v) is 4.59. The number of rotatable bonds is 6. The van der Waals surface area contributed by atoms with Gasteiger partial charge in [0, 0.05) is 6.54 Å². The summed E-state index contributed by atoms with van der Waals surface area (Å²) in [5.41, 5.74) is 7.08. The minimum Gasteiger partial charge on any atom is -0.478 e. The lowest BCUT2D eigenvalue weighted by atomic mass is 10.1. The summed E-state index contributed by atoms with van der Waals surface area (Å²) in [5, 5.41) is 12.2. The van der Waals surface area contributed by atoms with Crippen LogP contribution in [0.3, 0.4) is 0 Å².